The smallest absolute Gasteiger partial charge is 0.183 e. The third kappa shape index (κ3) is 4.25. The van der Waals surface area contributed by atoms with E-state index < -0.39 is 9.84 Å². The van der Waals surface area contributed by atoms with E-state index in [9.17, 15) is 8.42 Å². The van der Waals surface area contributed by atoms with Crippen LogP contribution in [0.4, 0.5) is 11.5 Å². The van der Waals surface area contributed by atoms with Crippen LogP contribution in [0.25, 0.3) is 10.8 Å². The molecule has 0 unspecified atom stereocenters. The monoisotopic (exact) mass is 403 g/mol. The molecule has 0 spiro atoms. The molecule has 0 fully saturated rings. The molecule has 0 aliphatic heterocycles. The first kappa shape index (κ1) is 18.7. The van der Waals surface area contributed by atoms with E-state index in [1.807, 2.05) is 19.1 Å². The number of nitrogens with one attached hydrogen (secondary N) is 2. The van der Waals surface area contributed by atoms with E-state index in [4.69, 9.17) is 0 Å². The Morgan fingerprint density at radius 3 is 2.48 bits per heavy atom. The van der Waals surface area contributed by atoms with E-state index in [2.05, 4.69) is 37.1 Å². The van der Waals surface area contributed by atoms with E-state index >= 15 is 0 Å². The van der Waals surface area contributed by atoms with Crippen molar-refractivity contribution in [3.05, 3.63) is 72.2 Å². The van der Waals surface area contributed by atoms with Gasteiger partial charge in [-0.2, -0.15) is 0 Å². The lowest BCUT2D eigenvalue weighted by molar-refractivity contribution is 0.602. The van der Waals surface area contributed by atoms with Gasteiger partial charge in [0.05, 0.1) is 4.90 Å². The number of hydrogen-bond acceptors (Lipinski definition) is 6. The Balaban J connectivity index is 1.66. The summed E-state index contributed by atoms with van der Waals surface area (Å²) in [5, 5.41) is 4.95. The second-order valence-corrected chi connectivity index (χ2v) is 8.55. The zero-order valence-corrected chi connectivity index (χ0v) is 16.6. The number of imidazole rings is 1. The predicted molar refractivity (Wildman–Crippen MR) is 112 cm³/mol. The van der Waals surface area contributed by atoms with Crippen molar-refractivity contribution < 1.29 is 8.42 Å². The number of rotatable bonds is 3. The van der Waals surface area contributed by atoms with E-state index in [0.717, 1.165) is 22.2 Å². The van der Waals surface area contributed by atoms with Crippen LogP contribution in [0.15, 0.2) is 59.9 Å². The van der Waals surface area contributed by atoms with Gasteiger partial charge in [-0.3, -0.25) is 0 Å². The number of fused-ring (bicyclic) bond motifs is 1. The summed E-state index contributed by atoms with van der Waals surface area (Å²) in [6.45, 7) is 1.92. The lowest BCUT2D eigenvalue weighted by Crippen LogP contribution is -1.98. The fraction of sp³-hybridized carbons (Fsp3) is 0.0952. The van der Waals surface area contributed by atoms with Gasteiger partial charge in [0.1, 0.15) is 11.5 Å². The Labute approximate surface area is 168 Å². The number of hydrogen-bond donors (Lipinski definition) is 2. The van der Waals surface area contributed by atoms with Gasteiger partial charge in [-0.1, -0.05) is 0 Å². The van der Waals surface area contributed by atoms with Crippen molar-refractivity contribution in [1.29, 1.82) is 0 Å². The van der Waals surface area contributed by atoms with Crippen LogP contribution < -0.4 is 5.32 Å². The molecule has 0 radical (unpaired) electrons. The Hall–Kier alpha value is -3.70. The van der Waals surface area contributed by atoms with Crippen molar-refractivity contribution in [2.24, 2.45) is 0 Å². The summed E-state index contributed by atoms with van der Waals surface area (Å²) in [6.07, 6.45) is 6.34. The molecule has 0 atom stereocenters. The van der Waals surface area contributed by atoms with Crippen LogP contribution in [0.3, 0.4) is 0 Å². The maximum absolute atomic E-state index is 11.6. The largest absolute Gasteiger partial charge is 0.340 e. The summed E-state index contributed by atoms with van der Waals surface area (Å²) in [4.78, 5) is 16.3. The maximum atomic E-state index is 11.6. The molecule has 0 amide bonds. The molecule has 3 heterocycles. The van der Waals surface area contributed by atoms with Crippen molar-refractivity contribution in [1.82, 2.24) is 19.9 Å². The number of anilines is 2. The Bertz CT molecular complexity index is 1360. The molecule has 29 heavy (non-hydrogen) atoms. The number of pyridine rings is 2. The van der Waals surface area contributed by atoms with Crippen LogP contribution in [0.5, 0.6) is 0 Å². The van der Waals surface area contributed by atoms with Gasteiger partial charge in [0.25, 0.3) is 0 Å². The van der Waals surface area contributed by atoms with Crippen molar-refractivity contribution in [3.63, 3.8) is 0 Å². The molecular formula is C21H17N5O2S. The second kappa shape index (κ2) is 7.37. The number of sulfone groups is 1. The summed E-state index contributed by atoms with van der Waals surface area (Å²) in [5.74, 6) is 7.23. The SMILES string of the molecule is Cc1cnc(C#Cc2nccc3cnc(Nc4ccc(S(C)(=O)=O)cc4)cc23)[nH]1. The van der Waals surface area contributed by atoms with Crippen LogP contribution in [0.2, 0.25) is 0 Å². The van der Waals surface area contributed by atoms with E-state index in [1.54, 1.807) is 42.9 Å². The highest BCUT2D eigenvalue weighted by Gasteiger charge is 2.07. The van der Waals surface area contributed by atoms with Gasteiger partial charge in [-0.15, -0.1) is 0 Å². The van der Waals surface area contributed by atoms with Gasteiger partial charge in [0, 0.05) is 47.0 Å². The third-order valence-corrected chi connectivity index (χ3v) is 5.33. The Morgan fingerprint density at radius 1 is 1.00 bits per heavy atom. The first-order valence-corrected chi connectivity index (χ1v) is 10.6. The number of aryl methyl sites for hydroxylation is 1. The van der Waals surface area contributed by atoms with Crippen molar-refractivity contribution in [3.8, 4) is 11.8 Å². The lowest BCUT2D eigenvalue weighted by Gasteiger charge is -2.08. The molecule has 0 saturated carbocycles. The molecule has 8 heteroatoms. The minimum absolute atomic E-state index is 0.268. The topological polar surface area (TPSA) is 101 Å². The molecule has 144 valence electrons. The van der Waals surface area contributed by atoms with Crippen molar-refractivity contribution in [2.45, 2.75) is 11.8 Å². The Kier molecular flexibility index (Phi) is 4.74. The fourth-order valence-corrected chi connectivity index (χ4v) is 3.39. The fourth-order valence-electron chi connectivity index (χ4n) is 2.76. The molecular weight excluding hydrogens is 386 g/mol. The molecule has 0 aliphatic carbocycles. The first-order chi connectivity index (χ1) is 13.9. The number of nitrogens with zero attached hydrogens (tertiary/aromatic N) is 3. The standard InChI is InChI=1S/C21H17N5O2S/c1-14-12-23-20(25-14)8-7-19-18-11-21(24-13-15(18)9-10-22-19)26-16-3-5-17(6-4-16)29(2,27)28/h3-6,9-13H,1-2H3,(H,23,25)(H,24,26). The molecule has 0 aliphatic rings. The maximum Gasteiger partial charge on any atom is 0.183 e. The van der Waals surface area contributed by atoms with Gasteiger partial charge in [0.2, 0.25) is 0 Å². The number of aromatic amines is 1. The highest BCUT2D eigenvalue weighted by molar-refractivity contribution is 7.90. The highest BCUT2D eigenvalue weighted by atomic mass is 32.2. The highest BCUT2D eigenvalue weighted by Crippen LogP contribution is 2.22. The van der Waals surface area contributed by atoms with Crippen LogP contribution in [0.1, 0.15) is 17.2 Å². The molecule has 4 rings (SSSR count). The van der Waals surface area contributed by atoms with E-state index in [0.29, 0.717) is 17.3 Å². The summed E-state index contributed by atoms with van der Waals surface area (Å²) in [5.41, 5.74) is 2.29. The van der Waals surface area contributed by atoms with Crippen molar-refractivity contribution in [2.75, 3.05) is 11.6 Å². The summed E-state index contributed by atoms with van der Waals surface area (Å²) in [6, 6.07) is 10.3. The number of benzene rings is 1. The van der Waals surface area contributed by atoms with Crippen LogP contribution in [0, 0.1) is 18.8 Å². The minimum Gasteiger partial charge on any atom is -0.340 e. The average Bonchev–Trinajstić information content (AvgIpc) is 3.11. The molecule has 0 saturated heterocycles. The number of H-pyrrole nitrogens is 1. The van der Waals surface area contributed by atoms with Gasteiger partial charge in [-0.05, 0) is 55.2 Å². The summed E-state index contributed by atoms with van der Waals surface area (Å²) < 4.78 is 23.2. The molecule has 1 aromatic carbocycles. The zero-order chi connectivity index (χ0) is 20.4. The van der Waals surface area contributed by atoms with E-state index in [-0.39, 0.29) is 4.90 Å². The predicted octanol–water partition coefficient (Wildman–Crippen LogP) is 3.21. The summed E-state index contributed by atoms with van der Waals surface area (Å²) >= 11 is 0. The molecule has 4 aromatic rings. The quantitative estimate of drug-likeness (QED) is 0.510. The zero-order valence-electron chi connectivity index (χ0n) is 15.8. The molecule has 0 bridgehead atoms. The van der Waals surface area contributed by atoms with Gasteiger partial charge >= 0.3 is 0 Å². The average molecular weight is 403 g/mol. The number of aromatic nitrogens is 4. The van der Waals surface area contributed by atoms with Crippen molar-refractivity contribution >= 4 is 32.1 Å². The summed E-state index contributed by atoms with van der Waals surface area (Å²) in [7, 11) is -3.23. The first-order valence-electron chi connectivity index (χ1n) is 8.74. The van der Waals surface area contributed by atoms with Crippen LogP contribution in [-0.4, -0.2) is 34.6 Å². The normalized spacial score (nSPS) is 11.1. The molecule has 2 N–H and O–H groups in total. The lowest BCUT2D eigenvalue weighted by atomic mass is 10.1. The van der Waals surface area contributed by atoms with Gasteiger partial charge in [-0.25, -0.2) is 23.4 Å². The Morgan fingerprint density at radius 2 is 1.79 bits per heavy atom. The molecule has 3 aromatic heterocycles. The second-order valence-electron chi connectivity index (χ2n) is 6.54. The van der Waals surface area contributed by atoms with Gasteiger partial charge in [0.15, 0.2) is 15.7 Å². The van der Waals surface area contributed by atoms with E-state index in [1.165, 1.54) is 6.26 Å². The van der Waals surface area contributed by atoms with Crippen LogP contribution >= 0.6 is 0 Å². The molecule has 7 nitrogen and oxygen atoms in total. The van der Waals surface area contributed by atoms with Gasteiger partial charge < -0.3 is 10.3 Å². The third-order valence-electron chi connectivity index (χ3n) is 4.20. The van der Waals surface area contributed by atoms with Crippen LogP contribution in [-0.2, 0) is 9.84 Å². The minimum atomic E-state index is -3.23.